The van der Waals surface area contributed by atoms with Gasteiger partial charge < -0.3 is 21.3 Å². The molecule has 2 heterocycles. The summed E-state index contributed by atoms with van der Waals surface area (Å²) in [5.74, 6) is -0.475. The van der Waals surface area contributed by atoms with Crippen molar-refractivity contribution in [2.45, 2.75) is 50.5 Å². The van der Waals surface area contributed by atoms with Gasteiger partial charge in [-0.15, -0.1) is 0 Å². The number of likely N-dealkylation sites (tertiary alicyclic amines) is 1. The van der Waals surface area contributed by atoms with E-state index < -0.39 is 0 Å². The normalized spacial score (nSPS) is 19.8. The molecule has 8 heteroatoms. The summed E-state index contributed by atoms with van der Waals surface area (Å²) < 4.78 is 13.8. The number of anilines is 1. The van der Waals surface area contributed by atoms with Crippen molar-refractivity contribution in [2.75, 3.05) is 25.0 Å². The lowest BCUT2D eigenvalue weighted by atomic mass is 9.89. The van der Waals surface area contributed by atoms with Gasteiger partial charge in [0, 0.05) is 43.8 Å². The molecule has 2 atom stereocenters. The molecule has 4 rings (SSSR count). The van der Waals surface area contributed by atoms with E-state index in [0.717, 1.165) is 55.3 Å². The highest BCUT2D eigenvalue weighted by molar-refractivity contribution is 5.89. The van der Waals surface area contributed by atoms with E-state index in [1.54, 1.807) is 35.5 Å². The Labute approximate surface area is 193 Å². The smallest absolute Gasteiger partial charge is 0.321 e. The molecule has 2 unspecified atom stereocenters. The van der Waals surface area contributed by atoms with Crippen LogP contribution in [-0.4, -0.2) is 47.5 Å². The molecule has 33 heavy (non-hydrogen) atoms. The van der Waals surface area contributed by atoms with Gasteiger partial charge in [-0.25, -0.2) is 9.18 Å². The highest BCUT2D eigenvalue weighted by Gasteiger charge is 2.29. The number of pyridine rings is 1. The van der Waals surface area contributed by atoms with Gasteiger partial charge in [-0.3, -0.25) is 9.78 Å². The first-order chi connectivity index (χ1) is 16.0. The molecule has 2 aliphatic rings. The quantitative estimate of drug-likeness (QED) is 0.604. The number of aromatic nitrogens is 1. The summed E-state index contributed by atoms with van der Waals surface area (Å²) in [6, 6.07) is 7.99. The van der Waals surface area contributed by atoms with Crippen molar-refractivity contribution in [2.24, 2.45) is 11.7 Å². The van der Waals surface area contributed by atoms with Gasteiger partial charge >= 0.3 is 6.03 Å². The Balaban J connectivity index is 1.26. The molecule has 0 spiro atoms. The van der Waals surface area contributed by atoms with E-state index in [0.29, 0.717) is 19.6 Å². The molecule has 4 N–H and O–H groups in total. The molecule has 0 radical (unpaired) electrons. The summed E-state index contributed by atoms with van der Waals surface area (Å²) in [5, 5.41) is 5.90. The maximum atomic E-state index is 13.8. The zero-order valence-electron chi connectivity index (χ0n) is 18.8. The highest BCUT2D eigenvalue weighted by atomic mass is 19.1. The Bertz CT molecular complexity index is 963. The summed E-state index contributed by atoms with van der Waals surface area (Å²) in [6.07, 6.45) is 8.42. The average Bonchev–Trinajstić information content (AvgIpc) is 3.05. The second-order valence-electron chi connectivity index (χ2n) is 9.04. The van der Waals surface area contributed by atoms with Crippen LogP contribution in [0.25, 0.3) is 0 Å². The Morgan fingerprint density at radius 3 is 2.64 bits per heavy atom. The number of carbonyl (C=O) groups is 2. The SMILES string of the molecule is NC(CNC(=O)C1CCCCc2ccc(F)cc21)C1CCN(C(=O)Nc2ccncc2)CC1. The van der Waals surface area contributed by atoms with Gasteiger partial charge in [0.1, 0.15) is 5.82 Å². The number of nitrogens with one attached hydrogen (secondary N) is 2. The van der Waals surface area contributed by atoms with Crippen LogP contribution >= 0.6 is 0 Å². The number of fused-ring (bicyclic) bond motifs is 1. The zero-order valence-corrected chi connectivity index (χ0v) is 18.8. The molecule has 1 aliphatic heterocycles. The summed E-state index contributed by atoms with van der Waals surface area (Å²) in [7, 11) is 0. The fourth-order valence-corrected chi connectivity index (χ4v) is 4.89. The molecular formula is C25H32FN5O2. The van der Waals surface area contributed by atoms with Crippen molar-refractivity contribution in [1.29, 1.82) is 0 Å². The predicted molar refractivity (Wildman–Crippen MR) is 125 cm³/mol. The van der Waals surface area contributed by atoms with Gasteiger partial charge in [0.25, 0.3) is 0 Å². The van der Waals surface area contributed by atoms with E-state index in [9.17, 15) is 14.0 Å². The number of nitrogens with zero attached hydrogens (tertiary/aromatic N) is 2. The van der Waals surface area contributed by atoms with E-state index in [2.05, 4.69) is 15.6 Å². The highest BCUT2D eigenvalue weighted by Crippen LogP contribution is 2.31. The fourth-order valence-electron chi connectivity index (χ4n) is 4.89. The first kappa shape index (κ1) is 23.2. The van der Waals surface area contributed by atoms with Crippen molar-refractivity contribution in [3.05, 3.63) is 59.7 Å². The number of halogens is 1. The van der Waals surface area contributed by atoms with Crippen LogP contribution < -0.4 is 16.4 Å². The standard InChI is InChI=1S/C25H32FN5O2/c26-19-6-5-17-3-1-2-4-21(22(17)15-19)24(32)29-16-23(27)18-9-13-31(14-10-18)25(33)30-20-7-11-28-12-8-20/h5-8,11-12,15,18,21,23H,1-4,9-10,13-14,16,27H2,(H,29,32)(H,28,30,33). The van der Waals surface area contributed by atoms with Crippen LogP contribution in [0, 0.1) is 11.7 Å². The van der Waals surface area contributed by atoms with Crippen LogP contribution in [0.1, 0.15) is 49.1 Å². The van der Waals surface area contributed by atoms with Crippen molar-refractivity contribution >= 4 is 17.6 Å². The number of hydrogen-bond donors (Lipinski definition) is 3. The molecule has 1 saturated heterocycles. The Morgan fingerprint density at radius 2 is 1.88 bits per heavy atom. The molecule has 1 aromatic heterocycles. The molecule has 2 aromatic rings. The maximum Gasteiger partial charge on any atom is 0.321 e. The summed E-state index contributed by atoms with van der Waals surface area (Å²) in [4.78, 5) is 31.2. The van der Waals surface area contributed by atoms with Crippen molar-refractivity contribution in [1.82, 2.24) is 15.2 Å². The van der Waals surface area contributed by atoms with Gasteiger partial charge in [0.05, 0.1) is 5.92 Å². The number of aryl methyl sites for hydroxylation is 1. The van der Waals surface area contributed by atoms with Crippen LogP contribution in [0.5, 0.6) is 0 Å². The summed E-state index contributed by atoms with van der Waals surface area (Å²) in [6.45, 7) is 1.63. The second-order valence-corrected chi connectivity index (χ2v) is 9.04. The average molecular weight is 454 g/mol. The first-order valence-corrected chi connectivity index (χ1v) is 11.8. The maximum absolute atomic E-state index is 13.8. The number of benzene rings is 1. The number of rotatable bonds is 5. The topological polar surface area (TPSA) is 100 Å². The number of nitrogens with two attached hydrogens (primary N) is 1. The van der Waals surface area contributed by atoms with Crippen molar-refractivity contribution in [3.63, 3.8) is 0 Å². The molecule has 3 amide bonds. The van der Waals surface area contributed by atoms with Crippen LogP contribution in [0.3, 0.4) is 0 Å². The van der Waals surface area contributed by atoms with Crippen LogP contribution in [0.4, 0.5) is 14.9 Å². The zero-order chi connectivity index (χ0) is 23.2. The van der Waals surface area contributed by atoms with E-state index in [4.69, 9.17) is 5.73 Å². The van der Waals surface area contributed by atoms with E-state index in [-0.39, 0.29) is 35.6 Å². The van der Waals surface area contributed by atoms with E-state index in [1.807, 2.05) is 0 Å². The van der Waals surface area contributed by atoms with Gasteiger partial charge in [-0.1, -0.05) is 12.5 Å². The molecule has 0 bridgehead atoms. The molecule has 176 valence electrons. The predicted octanol–water partition coefficient (Wildman–Crippen LogP) is 3.42. The van der Waals surface area contributed by atoms with Gasteiger partial charge in [-0.2, -0.15) is 0 Å². The third-order valence-electron chi connectivity index (χ3n) is 6.86. The van der Waals surface area contributed by atoms with E-state index in [1.165, 1.54) is 12.1 Å². The number of amides is 3. The van der Waals surface area contributed by atoms with Crippen LogP contribution in [0.2, 0.25) is 0 Å². The second kappa shape index (κ2) is 10.7. The fraction of sp³-hybridized carbons (Fsp3) is 0.480. The number of hydrogen-bond acceptors (Lipinski definition) is 4. The third-order valence-corrected chi connectivity index (χ3v) is 6.86. The van der Waals surface area contributed by atoms with Crippen LogP contribution in [0.15, 0.2) is 42.7 Å². The Kier molecular flexibility index (Phi) is 7.54. The lowest BCUT2D eigenvalue weighted by Crippen LogP contribution is -2.49. The molecular weight excluding hydrogens is 421 g/mol. The van der Waals surface area contributed by atoms with Crippen LogP contribution in [-0.2, 0) is 11.2 Å². The lowest BCUT2D eigenvalue weighted by Gasteiger charge is -2.35. The number of urea groups is 1. The van der Waals surface area contributed by atoms with Gasteiger partial charge in [-0.05, 0) is 73.4 Å². The van der Waals surface area contributed by atoms with Gasteiger partial charge in [0.2, 0.25) is 5.91 Å². The Morgan fingerprint density at radius 1 is 1.12 bits per heavy atom. The third kappa shape index (κ3) is 5.87. The number of piperidine rings is 1. The number of carbonyl (C=O) groups excluding carboxylic acids is 2. The molecule has 1 fully saturated rings. The summed E-state index contributed by atoms with van der Waals surface area (Å²) >= 11 is 0. The molecule has 1 aliphatic carbocycles. The molecule has 1 aromatic carbocycles. The minimum absolute atomic E-state index is 0.0756. The van der Waals surface area contributed by atoms with Crippen molar-refractivity contribution in [3.8, 4) is 0 Å². The van der Waals surface area contributed by atoms with Gasteiger partial charge in [0.15, 0.2) is 0 Å². The monoisotopic (exact) mass is 453 g/mol. The van der Waals surface area contributed by atoms with E-state index >= 15 is 0 Å². The molecule has 0 saturated carbocycles. The van der Waals surface area contributed by atoms with Crippen molar-refractivity contribution < 1.29 is 14.0 Å². The first-order valence-electron chi connectivity index (χ1n) is 11.8. The minimum atomic E-state index is -0.330. The molecule has 7 nitrogen and oxygen atoms in total. The largest absolute Gasteiger partial charge is 0.354 e. The summed E-state index contributed by atoms with van der Waals surface area (Å²) in [5.41, 5.74) is 9.02. The lowest BCUT2D eigenvalue weighted by molar-refractivity contribution is -0.122. The minimum Gasteiger partial charge on any atom is -0.354 e. The Hall–Kier alpha value is -3.00.